The predicted octanol–water partition coefficient (Wildman–Crippen LogP) is 2.76. The zero-order valence-corrected chi connectivity index (χ0v) is 10.9. The lowest BCUT2D eigenvalue weighted by Crippen LogP contribution is -2.57. The molecule has 2 fully saturated rings. The van der Waals surface area contributed by atoms with Gasteiger partial charge >= 0.3 is 0 Å². The standard InChI is InChI=1S/C16H21NO/c1-2-6-14-13(5-1)7-10-16(14)12-17-11-15(18-16)8-3-4-9-15/h1-2,5-6,17H,3-4,7-12H2. The second-order valence-corrected chi connectivity index (χ2v) is 6.25. The Kier molecular flexibility index (Phi) is 2.33. The normalized spacial score (nSPS) is 33.1. The van der Waals surface area contributed by atoms with E-state index in [1.807, 2.05) is 0 Å². The molecule has 2 nitrogen and oxygen atoms in total. The Hall–Kier alpha value is -0.860. The highest BCUT2D eigenvalue weighted by Gasteiger charge is 2.50. The molecule has 3 aliphatic rings. The third-order valence-electron chi connectivity index (χ3n) is 5.09. The van der Waals surface area contributed by atoms with Crippen LogP contribution in [0.4, 0.5) is 0 Å². The molecule has 1 aromatic rings. The van der Waals surface area contributed by atoms with Crippen molar-refractivity contribution in [2.24, 2.45) is 0 Å². The topological polar surface area (TPSA) is 21.3 Å². The van der Waals surface area contributed by atoms with Crippen molar-refractivity contribution in [3.8, 4) is 0 Å². The van der Waals surface area contributed by atoms with Crippen LogP contribution in [0.3, 0.4) is 0 Å². The summed E-state index contributed by atoms with van der Waals surface area (Å²) >= 11 is 0. The Balaban J connectivity index is 1.72. The molecule has 1 atom stereocenters. The van der Waals surface area contributed by atoms with Crippen LogP contribution in [0, 0.1) is 0 Å². The van der Waals surface area contributed by atoms with Gasteiger partial charge in [-0.3, -0.25) is 0 Å². The number of rotatable bonds is 0. The monoisotopic (exact) mass is 243 g/mol. The van der Waals surface area contributed by atoms with Crippen LogP contribution in [0.15, 0.2) is 24.3 Å². The van der Waals surface area contributed by atoms with Crippen LogP contribution in [-0.2, 0) is 16.8 Å². The Bertz CT molecular complexity index is 460. The molecule has 1 saturated carbocycles. The summed E-state index contributed by atoms with van der Waals surface area (Å²) in [6.07, 6.45) is 7.47. The minimum atomic E-state index is -0.0286. The van der Waals surface area contributed by atoms with Crippen LogP contribution >= 0.6 is 0 Å². The van der Waals surface area contributed by atoms with Crippen molar-refractivity contribution in [2.45, 2.75) is 49.7 Å². The number of nitrogens with one attached hydrogen (secondary N) is 1. The molecule has 1 heterocycles. The van der Waals surface area contributed by atoms with Gasteiger partial charge in [-0.15, -0.1) is 0 Å². The smallest absolute Gasteiger partial charge is 0.107 e. The first kappa shape index (κ1) is 11.0. The third-order valence-corrected chi connectivity index (χ3v) is 5.09. The van der Waals surface area contributed by atoms with E-state index in [0.717, 1.165) is 19.5 Å². The zero-order chi connectivity index (χ0) is 12.1. The fraction of sp³-hybridized carbons (Fsp3) is 0.625. The molecule has 2 heteroatoms. The maximum Gasteiger partial charge on any atom is 0.107 e. The van der Waals surface area contributed by atoms with Crippen LogP contribution < -0.4 is 5.32 Å². The minimum Gasteiger partial charge on any atom is -0.361 e. The number of fused-ring (bicyclic) bond motifs is 2. The fourth-order valence-corrected chi connectivity index (χ4v) is 4.22. The van der Waals surface area contributed by atoms with Crippen molar-refractivity contribution in [1.82, 2.24) is 5.32 Å². The third kappa shape index (κ3) is 1.49. The van der Waals surface area contributed by atoms with E-state index in [2.05, 4.69) is 29.6 Å². The van der Waals surface area contributed by atoms with E-state index in [-0.39, 0.29) is 11.2 Å². The summed E-state index contributed by atoms with van der Waals surface area (Å²) < 4.78 is 6.75. The molecule has 0 radical (unpaired) electrons. The first-order valence-corrected chi connectivity index (χ1v) is 7.31. The SMILES string of the molecule is c1ccc2c(c1)CCC21CNCC2(CCCC2)O1. The Labute approximate surface area is 109 Å². The van der Waals surface area contributed by atoms with Gasteiger partial charge in [0.25, 0.3) is 0 Å². The lowest BCUT2D eigenvalue weighted by Gasteiger charge is -2.46. The summed E-state index contributed by atoms with van der Waals surface area (Å²) in [7, 11) is 0. The van der Waals surface area contributed by atoms with Crippen LogP contribution in [0.1, 0.15) is 43.2 Å². The second kappa shape index (κ2) is 3.82. The highest BCUT2D eigenvalue weighted by Crippen LogP contribution is 2.47. The second-order valence-electron chi connectivity index (χ2n) is 6.25. The molecule has 96 valence electrons. The van der Waals surface area contributed by atoms with Crippen LogP contribution in [-0.4, -0.2) is 18.7 Å². The van der Waals surface area contributed by atoms with E-state index in [9.17, 15) is 0 Å². The van der Waals surface area contributed by atoms with E-state index >= 15 is 0 Å². The molecular weight excluding hydrogens is 222 g/mol. The van der Waals surface area contributed by atoms with E-state index in [1.165, 1.54) is 43.2 Å². The summed E-state index contributed by atoms with van der Waals surface area (Å²) in [5.74, 6) is 0. The average Bonchev–Trinajstić information content (AvgIpc) is 2.97. The van der Waals surface area contributed by atoms with E-state index in [4.69, 9.17) is 4.74 Å². The van der Waals surface area contributed by atoms with Crippen LogP contribution in [0.5, 0.6) is 0 Å². The van der Waals surface area contributed by atoms with Crippen molar-refractivity contribution in [3.05, 3.63) is 35.4 Å². The highest BCUT2D eigenvalue weighted by molar-refractivity contribution is 5.38. The summed E-state index contributed by atoms with van der Waals surface area (Å²) in [6.45, 7) is 2.04. The molecule has 1 aliphatic heterocycles. The summed E-state index contributed by atoms with van der Waals surface area (Å²) in [5.41, 5.74) is 3.05. The molecule has 1 unspecified atom stereocenters. The molecule has 18 heavy (non-hydrogen) atoms. The maximum atomic E-state index is 6.75. The molecule has 0 aromatic heterocycles. The van der Waals surface area contributed by atoms with Gasteiger partial charge in [0.1, 0.15) is 5.60 Å². The van der Waals surface area contributed by atoms with Crippen molar-refractivity contribution in [3.63, 3.8) is 0 Å². The summed E-state index contributed by atoms with van der Waals surface area (Å²) in [5, 5.41) is 3.67. The molecule has 0 amide bonds. The molecule has 4 rings (SSSR count). The minimum absolute atomic E-state index is 0.0286. The van der Waals surface area contributed by atoms with Gasteiger partial charge in [-0.2, -0.15) is 0 Å². The van der Waals surface area contributed by atoms with E-state index < -0.39 is 0 Å². The van der Waals surface area contributed by atoms with Crippen molar-refractivity contribution in [1.29, 1.82) is 0 Å². The van der Waals surface area contributed by atoms with Gasteiger partial charge in [-0.05, 0) is 36.8 Å². The number of hydrogen-bond acceptors (Lipinski definition) is 2. The van der Waals surface area contributed by atoms with Gasteiger partial charge in [-0.25, -0.2) is 0 Å². The van der Waals surface area contributed by atoms with Crippen molar-refractivity contribution in [2.75, 3.05) is 13.1 Å². The van der Waals surface area contributed by atoms with E-state index in [0.29, 0.717) is 0 Å². The molecule has 2 spiro atoms. The van der Waals surface area contributed by atoms with Crippen LogP contribution in [0.2, 0.25) is 0 Å². The molecule has 2 aliphatic carbocycles. The lowest BCUT2D eigenvalue weighted by atomic mass is 9.89. The predicted molar refractivity (Wildman–Crippen MR) is 71.6 cm³/mol. The molecule has 1 N–H and O–H groups in total. The maximum absolute atomic E-state index is 6.75. The van der Waals surface area contributed by atoms with Crippen molar-refractivity contribution >= 4 is 0 Å². The zero-order valence-electron chi connectivity index (χ0n) is 10.9. The Morgan fingerprint density at radius 2 is 1.83 bits per heavy atom. The Morgan fingerprint density at radius 3 is 2.72 bits per heavy atom. The van der Waals surface area contributed by atoms with Crippen LogP contribution in [0.25, 0.3) is 0 Å². The van der Waals surface area contributed by atoms with Gasteiger partial charge in [0, 0.05) is 13.1 Å². The summed E-state index contributed by atoms with van der Waals surface area (Å²) in [4.78, 5) is 0. The average molecular weight is 243 g/mol. The Morgan fingerprint density at radius 1 is 1.00 bits per heavy atom. The van der Waals surface area contributed by atoms with Gasteiger partial charge in [0.15, 0.2) is 0 Å². The highest BCUT2D eigenvalue weighted by atomic mass is 16.5. The molecule has 1 aromatic carbocycles. The number of aryl methyl sites for hydroxylation is 1. The van der Waals surface area contributed by atoms with Gasteiger partial charge < -0.3 is 10.1 Å². The number of ether oxygens (including phenoxy) is 1. The molecule has 1 saturated heterocycles. The van der Waals surface area contributed by atoms with Gasteiger partial charge in [0.05, 0.1) is 5.60 Å². The van der Waals surface area contributed by atoms with E-state index in [1.54, 1.807) is 0 Å². The first-order chi connectivity index (χ1) is 8.82. The lowest BCUT2D eigenvalue weighted by molar-refractivity contribution is -0.180. The van der Waals surface area contributed by atoms with Crippen molar-refractivity contribution < 1.29 is 4.74 Å². The first-order valence-electron chi connectivity index (χ1n) is 7.31. The van der Waals surface area contributed by atoms with Gasteiger partial charge in [-0.1, -0.05) is 37.1 Å². The molecule has 0 bridgehead atoms. The quantitative estimate of drug-likeness (QED) is 0.756. The number of benzene rings is 1. The molecular formula is C16H21NO. The van der Waals surface area contributed by atoms with Gasteiger partial charge in [0.2, 0.25) is 0 Å². The number of morpholine rings is 1. The number of hydrogen-bond donors (Lipinski definition) is 1. The largest absolute Gasteiger partial charge is 0.361 e. The fourth-order valence-electron chi connectivity index (χ4n) is 4.22. The summed E-state index contributed by atoms with van der Waals surface area (Å²) in [6, 6.07) is 8.85.